The molecule has 16 heavy (non-hydrogen) atoms. The van der Waals surface area contributed by atoms with Gasteiger partial charge < -0.3 is 9.47 Å². The van der Waals surface area contributed by atoms with Gasteiger partial charge in [0.15, 0.2) is 11.5 Å². The fourth-order valence-electron chi connectivity index (χ4n) is 1.70. The fraction of sp³-hybridized carbons (Fsp3) is 0.500. The second kappa shape index (κ2) is 5.19. The predicted molar refractivity (Wildman–Crippen MR) is 69.2 cm³/mol. The molecule has 2 nitrogen and oxygen atoms in total. The topological polar surface area (TPSA) is 18.5 Å². The van der Waals surface area contributed by atoms with E-state index in [1.807, 2.05) is 12.1 Å². The molecule has 2 rings (SSSR count). The van der Waals surface area contributed by atoms with Gasteiger partial charge in [0.05, 0.1) is 0 Å². The van der Waals surface area contributed by atoms with Gasteiger partial charge in [0.1, 0.15) is 13.2 Å². The van der Waals surface area contributed by atoms with Crippen LogP contribution in [-0.2, 0) is 6.42 Å². The highest BCUT2D eigenvalue weighted by atomic mass is 35.5. The van der Waals surface area contributed by atoms with Gasteiger partial charge in [-0.15, -0.1) is 0 Å². The molecule has 0 N–H and O–H groups in total. The molecule has 0 radical (unpaired) electrons. The second-order valence-electron chi connectivity index (χ2n) is 4.08. The molecule has 0 amide bonds. The minimum atomic E-state index is 0.503. The van der Waals surface area contributed by atoms with E-state index >= 15 is 0 Å². The van der Waals surface area contributed by atoms with Gasteiger partial charge in [0.2, 0.25) is 0 Å². The third kappa shape index (κ3) is 2.58. The maximum atomic E-state index is 6.20. The maximum absolute atomic E-state index is 6.20. The summed E-state index contributed by atoms with van der Waals surface area (Å²) in [6.07, 6.45) is 0.916. The molecule has 1 atom stereocenters. The Kier molecular flexibility index (Phi) is 3.87. The lowest BCUT2D eigenvalue weighted by Crippen LogP contribution is -2.15. The first-order valence-corrected chi connectivity index (χ1v) is 6.40. The van der Waals surface area contributed by atoms with Crippen LogP contribution in [0.3, 0.4) is 0 Å². The molecule has 0 aromatic heterocycles. The monoisotopic (exact) mass is 258 g/mol. The van der Waals surface area contributed by atoms with Crippen molar-refractivity contribution in [1.29, 1.82) is 0 Å². The molecule has 1 unspecified atom stereocenters. The average molecular weight is 259 g/mol. The quantitative estimate of drug-likeness (QED) is 0.840. The molecule has 1 aliphatic rings. The summed E-state index contributed by atoms with van der Waals surface area (Å²) in [5, 5.41) is 0.748. The van der Waals surface area contributed by atoms with Gasteiger partial charge in [-0.3, -0.25) is 0 Å². The van der Waals surface area contributed by atoms with Crippen molar-refractivity contribution in [2.45, 2.75) is 13.3 Å². The van der Waals surface area contributed by atoms with E-state index in [0.29, 0.717) is 19.1 Å². The van der Waals surface area contributed by atoms with Crippen LogP contribution in [0.25, 0.3) is 0 Å². The van der Waals surface area contributed by atoms with Crippen molar-refractivity contribution in [3.8, 4) is 11.5 Å². The zero-order chi connectivity index (χ0) is 11.5. The number of halogens is 1. The van der Waals surface area contributed by atoms with Gasteiger partial charge in [0.25, 0.3) is 0 Å². The van der Waals surface area contributed by atoms with Gasteiger partial charge in [-0.1, -0.05) is 18.5 Å². The van der Waals surface area contributed by atoms with Gasteiger partial charge in [-0.05, 0) is 29.7 Å². The second-order valence-corrected chi connectivity index (χ2v) is 4.85. The summed E-state index contributed by atoms with van der Waals surface area (Å²) in [7, 11) is 0. The zero-order valence-electron chi connectivity index (χ0n) is 9.20. The van der Waals surface area contributed by atoms with Crippen molar-refractivity contribution < 1.29 is 9.47 Å². The van der Waals surface area contributed by atoms with Gasteiger partial charge in [-0.2, -0.15) is 12.6 Å². The fourth-order valence-corrected chi connectivity index (χ4v) is 2.06. The Hall–Kier alpha value is -0.540. The van der Waals surface area contributed by atoms with Crippen LogP contribution in [0.1, 0.15) is 12.5 Å². The minimum absolute atomic E-state index is 0.503. The van der Waals surface area contributed by atoms with Crippen molar-refractivity contribution in [3.05, 3.63) is 22.7 Å². The van der Waals surface area contributed by atoms with Crippen LogP contribution in [-0.4, -0.2) is 19.0 Å². The SMILES string of the molecule is CC(CS)Cc1cc2c(cc1Cl)OCCO2. The first-order valence-electron chi connectivity index (χ1n) is 5.39. The van der Waals surface area contributed by atoms with Crippen LogP contribution < -0.4 is 9.47 Å². The summed E-state index contributed by atoms with van der Waals surface area (Å²) < 4.78 is 11.0. The molecule has 1 aliphatic heterocycles. The van der Waals surface area contributed by atoms with Crippen molar-refractivity contribution in [2.24, 2.45) is 5.92 Å². The highest BCUT2D eigenvalue weighted by Gasteiger charge is 2.15. The normalized spacial score (nSPS) is 15.9. The third-order valence-electron chi connectivity index (χ3n) is 2.59. The van der Waals surface area contributed by atoms with E-state index < -0.39 is 0 Å². The van der Waals surface area contributed by atoms with E-state index in [4.69, 9.17) is 21.1 Å². The zero-order valence-corrected chi connectivity index (χ0v) is 10.9. The van der Waals surface area contributed by atoms with Gasteiger partial charge >= 0.3 is 0 Å². The third-order valence-corrected chi connectivity index (χ3v) is 3.57. The number of benzene rings is 1. The van der Waals surface area contributed by atoms with Crippen LogP contribution in [0.5, 0.6) is 11.5 Å². The number of fused-ring (bicyclic) bond motifs is 1. The summed E-state index contributed by atoms with van der Waals surface area (Å²) in [5.74, 6) is 2.91. The molecule has 1 heterocycles. The Labute approximate surface area is 106 Å². The molecular formula is C12H15ClO2S. The Balaban J connectivity index is 2.25. The van der Waals surface area contributed by atoms with E-state index in [9.17, 15) is 0 Å². The molecule has 1 aromatic carbocycles. The summed E-state index contributed by atoms with van der Waals surface area (Å²) in [6, 6.07) is 3.83. The lowest BCUT2D eigenvalue weighted by atomic mass is 10.0. The van der Waals surface area contributed by atoms with Gasteiger partial charge in [0, 0.05) is 11.1 Å². The molecule has 0 fully saturated rings. The standard InChI is InChI=1S/C12H15ClO2S/c1-8(7-16)4-9-5-11-12(6-10(9)13)15-3-2-14-11/h5-6,8,16H,2-4,7H2,1H3. The summed E-state index contributed by atoms with van der Waals surface area (Å²) in [5.41, 5.74) is 1.10. The van der Waals surface area contributed by atoms with E-state index in [1.165, 1.54) is 0 Å². The number of rotatable bonds is 3. The lowest BCUT2D eigenvalue weighted by Gasteiger charge is -2.20. The molecule has 0 bridgehead atoms. The number of ether oxygens (including phenoxy) is 2. The van der Waals surface area contributed by atoms with E-state index in [-0.39, 0.29) is 0 Å². The predicted octanol–water partition coefficient (Wildman–Crippen LogP) is 3.22. The maximum Gasteiger partial charge on any atom is 0.162 e. The molecular weight excluding hydrogens is 244 g/mol. The van der Waals surface area contributed by atoms with Crippen LogP contribution in [0.4, 0.5) is 0 Å². The van der Waals surface area contributed by atoms with E-state index in [0.717, 1.165) is 34.3 Å². The summed E-state index contributed by atoms with van der Waals surface area (Å²) in [4.78, 5) is 0. The lowest BCUT2D eigenvalue weighted by molar-refractivity contribution is 0.171. The molecule has 0 saturated carbocycles. The van der Waals surface area contributed by atoms with Crippen molar-refractivity contribution >= 4 is 24.2 Å². The highest BCUT2D eigenvalue weighted by molar-refractivity contribution is 7.80. The molecule has 0 spiro atoms. The largest absolute Gasteiger partial charge is 0.486 e. The highest BCUT2D eigenvalue weighted by Crippen LogP contribution is 2.36. The van der Waals surface area contributed by atoms with E-state index in [2.05, 4.69) is 19.6 Å². The Morgan fingerprint density at radius 1 is 1.31 bits per heavy atom. The van der Waals surface area contributed by atoms with Crippen LogP contribution in [0, 0.1) is 5.92 Å². The Bertz CT molecular complexity index is 382. The van der Waals surface area contributed by atoms with Crippen LogP contribution in [0.15, 0.2) is 12.1 Å². The molecule has 0 saturated heterocycles. The number of hydrogen-bond acceptors (Lipinski definition) is 3. The summed E-state index contributed by atoms with van der Waals surface area (Å²) >= 11 is 10.5. The average Bonchev–Trinajstić information content (AvgIpc) is 2.30. The minimum Gasteiger partial charge on any atom is -0.486 e. The van der Waals surface area contributed by atoms with Crippen molar-refractivity contribution in [1.82, 2.24) is 0 Å². The summed E-state index contributed by atoms with van der Waals surface area (Å²) in [6.45, 7) is 3.35. The number of hydrogen-bond donors (Lipinski definition) is 1. The first kappa shape index (κ1) is 11.9. The smallest absolute Gasteiger partial charge is 0.162 e. The Morgan fingerprint density at radius 3 is 2.56 bits per heavy atom. The molecule has 88 valence electrons. The van der Waals surface area contributed by atoms with Crippen molar-refractivity contribution in [2.75, 3.05) is 19.0 Å². The molecule has 0 aliphatic carbocycles. The number of thiol groups is 1. The van der Waals surface area contributed by atoms with Gasteiger partial charge in [-0.25, -0.2) is 0 Å². The van der Waals surface area contributed by atoms with Crippen LogP contribution >= 0.6 is 24.2 Å². The first-order chi connectivity index (χ1) is 7.70. The van der Waals surface area contributed by atoms with Crippen molar-refractivity contribution in [3.63, 3.8) is 0 Å². The van der Waals surface area contributed by atoms with Crippen LogP contribution in [0.2, 0.25) is 5.02 Å². The Morgan fingerprint density at radius 2 is 1.94 bits per heavy atom. The molecule has 4 heteroatoms. The van der Waals surface area contributed by atoms with E-state index in [1.54, 1.807) is 0 Å². The molecule has 1 aromatic rings.